The second-order valence-corrected chi connectivity index (χ2v) is 4.62. The van der Waals surface area contributed by atoms with Crippen LogP contribution >= 0.6 is 11.3 Å². The minimum absolute atomic E-state index is 0.107. The van der Waals surface area contributed by atoms with Crippen molar-refractivity contribution in [1.29, 1.82) is 0 Å². The molecule has 0 atom stereocenters. The summed E-state index contributed by atoms with van der Waals surface area (Å²) in [5, 5.41) is 0. The van der Waals surface area contributed by atoms with Crippen LogP contribution in [0.4, 0.5) is 0 Å². The Balaban J connectivity index is 2.33. The molecule has 84 valence electrons. The first-order valence-electron chi connectivity index (χ1n) is 5.47. The third-order valence-corrected chi connectivity index (χ3v) is 3.43. The van der Waals surface area contributed by atoms with Gasteiger partial charge in [0.2, 0.25) is 0 Å². The van der Waals surface area contributed by atoms with Gasteiger partial charge in [-0.05, 0) is 25.0 Å². The zero-order valence-corrected chi connectivity index (χ0v) is 10.2. The van der Waals surface area contributed by atoms with Crippen LogP contribution in [0.3, 0.4) is 0 Å². The molecular weight excluding hydrogens is 208 g/mol. The van der Waals surface area contributed by atoms with Crippen LogP contribution in [0.1, 0.15) is 41.2 Å². The van der Waals surface area contributed by atoms with E-state index in [1.54, 1.807) is 11.3 Å². The Morgan fingerprint density at radius 2 is 2.20 bits per heavy atom. The predicted molar refractivity (Wildman–Crippen MR) is 63.8 cm³/mol. The minimum Gasteiger partial charge on any atom is -0.373 e. The molecule has 3 heteroatoms. The molecule has 0 unspecified atom stereocenters. The van der Waals surface area contributed by atoms with Gasteiger partial charge in [-0.2, -0.15) is 0 Å². The van der Waals surface area contributed by atoms with Crippen LogP contribution in [0, 0.1) is 0 Å². The number of carbonyl (C=O) groups excluding carboxylic acids is 1. The lowest BCUT2D eigenvalue weighted by Gasteiger charge is -2.00. The smallest absolute Gasteiger partial charge is 0.198 e. The first-order chi connectivity index (χ1) is 7.27. The van der Waals surface area contributed by atoms with Crippen molar-refractivity contribution in [3.05, 3.63) is 21.9 Å². The Morgan fingerprint density at radius 3 is 2.80 bits per heavy atom. The number of rotatable bonds is 7. The highest BCUT2D eigenvalue weighted by Gasteiger charge is 2.08. The average molecular weight is 226 g/mol. The molecule has 1 aromatic heterocycles. The summed E-state index contributed by atoms with van der Waals surface area (Å²) in [5.41, 5.74) is 0. The van der Waals surface area contributed by atoms with E-state index in [2.05, 4.69) is 13.8 Å². The molecule has 15 heavy (non-hydrogen) atoms. The van der Waals surface area contributed by atoms with E-state index in [1.165, 1.54) is 4.88 Å². The topological polar surface area (TPSA) is 26.3 Å². The molecule has 0 bridgehead atoms. The largest absolute Gasteiger partial charge is 0.373 e. The Hall–Kier alpha value is -0.670. The SMILES string of the molecule is CCCCOCC(=O)c1ccc(CC)s1. The Bertz CT molecular complexity index is 304. The molecule has 0 amide bonds. The fraction of sp³-hybridized carbons (Fsp3) is 0.583. The lowest BCUT2D eigenvalue weighted by Crippen LogP contribution is -2.08. The first kappa shape index (κ1) is 12.4. The molecule has 0 spiro atoms. The Labute approximate surface area is 95.3 Å². The Kier molecular flexibility index (Phi) is 5.58. The van der Waals surface area contributed by atoms with Crippen molar-refractivity contribution in [3.63, 3.8) is 0 Å². The number of hydrogen-bond acceptors (Lipinski definition) is 3. The fourth-order valence-electron chi connectivity index (χ4n) is 1.20. The molecule has 0 aliphatic carbocycles. The van der Waals surface area contributed by atoms with Crippen molar-refractivity contribution in [2.75, 3.05) is 13.2 Å². The molecule has 0 saturated carbocycles. The maximum Gasteiger partial charge on any atom is 0.198 e. The van der Waals surface area contributed by atoms with Crippen molar-refractivity contribution in [2.45, 2.75) is 33.1 Å². The minimum atomic E-state index is 0.107. The van der Waals surface area contributed by atoms with Gasteiger partial charge in [0.1, 0.15) is 6.61 Å². The summed E-state index contributed by atoms with van der Waals surface area (Å²) in [4.78, 5) is 13.7. The van der Waals surface area contributed by atoms with Crippen molar-refractivity contribution >= 4 is 17.1 Å². The standard InChI is InChI=1S/C12H18O2S/c1-3-5-8-14-9-11(13)12-7-6-10(4-2)15-12/h6-7H,3-5,8-9H2,1-2H3. The lowest BCUT2D eigenvalue weighted by atomic mass is 10.3. The molecule has 1 rings (SSSR count). The van der Waals surface area contributed by atoms with Crippen LogP contribution in [0.2, 0.25) is 0 Å². The van der Waals surface area contributed by atoms with E-state index >= 15 is 0 Å². The van der Waals surface area contributed by atoms with Crippen molar-refractivity contribution in [2.24, 2.45) is 0 Å². The average Bonchev–Trinajstić information content (AvgIpc) is 2.72. The zero-order valence-electron chi connectivity index (χ0n) is 9.41. The van der Waals surface area contributed by atoms with E-state index in [9.17, 15) is 4.79 Å². The summed E-state index contributed by atoms with van der Waals surface area (Å²) in [6, 6.07) is 3.92. The van der Waals surface area contributed by atoms with E-state index < -0.39 is 0 Å². The van der Waals surface area contributed by atoms with Gasteiger partial charge in [0.25, 0.3) is 0 Å². The van der Waals surface area contributed by atoms with Crippen molar-refractivity contribution < 1.29 is 9.53 Å². The van der Waals surface area contributed by atoms with E-state index in [1.807, 2.05) is 12.1 Å². The van der Waals surface area contributed by atoms with Gasteiger partial charge < -0.3 is 4.74 Å². The molecule has 0 aliphatic rings. The van der Waals surface area contributed by atoms with Crippen molar-refractivity contribution in [1.82, 2.24) is 0 Å². The van der Waals surface area contributed by atoms with Crippen LogP contribution < -0.4 is 0 Å². The molecule has 0 aromatic carbocycles. The van der Waals surface area contributed by atoms with E-state index in [0.29, 0.717) is 6.61 Å². The molecule has 2 nitrogen and oxygen atoms in total. The number of hydrogen-bond donors (Lipinski definition) is 0. The molecule has 0 radical (unpaired) electrons. The van der Waals surface area contributed by atoms with Gasteiger partial charge in [-0.1, -0.05) is 20.3 Å². The summed E-state index contributed by atoms with van der Waals surface area (Å²) in [6.45, 7) is 5.12. The maximum absolute atomic E-state index is 11.6. The highest BCUT2D eigenvalue weighted by molar-refractivity contribution is 7.14. The predicted octanol–water partition coefficient (Wildman–Crippen LogP) is 3.31. The summed E-state index contributed by atoms with van der Waals surface area (Å²) < 4.78 is 5.29. The molecular formula is C12H18O2S. The number of Topliss-reactive ketones (excluding diaryl/α,β-unsaturated/α-hetero) is 1. The van der Waals surface area contributed by atoms with E-state index in [4.69, 9.17) is 4.74 Å². The quantitative estimate of drug-likeness (QED) is 0.526. The normalized spacial score (nSPS) is 10.5. The summed E-state index contributed by atoms with van der Waals surface area (Å²) in [5.74, 6) is 0.107. The van der Waals surface area contributed by atoms with Gasteiger partial charge >= 0.3 is 0 Å². The third-order valence-electron chi connectivity index (χ3n) is 2.16. The number of carbonyl (C=O) groups is 1. The number of thiophene rings is 1. The number of ether oxygens (including phenoxy) is 1. The van der Waals surface area contributed by atoms with Gasteiger partial charge in [0, 0.05) is 11.5 Å². The third kappa shape index (κ3) is 4.14. The second-order valence-electron chi connectivity index (χ2n) is 3.45. The first-order valence-corrected chi connectivity index (χ1v) is 6.29. The van der Waals surface area contributed by atoms with Crippen LogP contribution in [0.25, 0.3) is 0 Å². The highest BCUT2D eigenvalue weighted by Crippen LogP contribution is 2.17. The van der Waals surface area contributed by atoms with Gasteiger partial charge in [-0.15, -0.1) is 11.3 Å². The van der Waals surface area contributed by atoms with Gasteiger partial charge in [0.15, 0.2) is 5.78 Å². The molecule has 0 saturated heterocycles. The lowest BCUT2D eigenvalue weighted by molar-refractivity contribution is 0.0759. The van der Waals surface area contributed by atoms with E-state index in [-0.39, 0.29) is 12.4 Å². The van der Waals surface area contributed by atoms with Crippen LogP contribution in [-0.4, -0.2) is 19.0 Å². The van der Waals surface area contributed by atoms with Crippen molar-refractivity contribution in [3.8, 4) is 0 Å². The van der Waals surface area contributed by atoms with Crippen LogP contribution in [-0.2, 0) is 11.2 Å². The molecule has 1 aromatic rings. The van der Waals surface area contributed by atoms with Crippen LogP contribution in [0.5, 0.6) is 0 Å². The summed E-state index contributed by atoms with van der Waals surface area (Å²) >= 11 is 1.58. The zero-order chi connectivity index (χ0) is 11.1. The number of aryl methyl sites for hydroxylation is 1. The highest BCUT2D eigenvalue weighted by atomic mass is 32.1. The summed E-state index contributed by atoms with van der Waals surface area (Å²) in [7, 11) is 0. The molecule has 0 N–H and O–H groups in total. The maximum atomic E-state index is 11.6. The summed E-state index contributed by atoms with van der Waals surface area (Å²) in [6.07, 6.45) is 3.12. The van der Waals surface area contributed by atoms with Gasteiger partial charge in [-0.25, -0.2) is 0 Å². The van der Waals surface area contributed by atoms with Gasteiger partial charge in [-0.3, -0.25) is 4.79 Å². The molecule has 0 fully saturated rings. The number of unbranched alkanes of at least 4 members (excludes halogenated alkanes) is 1. The Morgan fingerprint density at radius 1 is 1.40 bits per heavy atom. The molecule has 1 heterocycles. The van der Waals surface area contributed by atoms with Gasteiger partial charge in [0.05, 0.1) is 4.88 Å². The fourth-order valence-corrected chi connectivity index (χ4v) is 2.07. The monoisotopic (exact) mass is 226 g/mol. The van der Waals surface area contributed by atoms with Crippen LogP contribution in [0.15, 0.2) is 12.1 Å². The second kappa shape index (κ2) is 6.75. The van der Waals surface area contributed by atoms with E-state index in [0.717, 1.165) is 24.1 Å². The number of ketones is 1. The molecule has 0 aliphatic heterocycles.